The van der Waals surface area contributed by atoms with E-state index in [1.54, 1.807) is 12.1 Å². The minimum atomic E-state index is -0.311. The van der Waals surface area contributed by atoms with Crippen molar-refractivity contribution in [2.45, 2.75) is 19.4 Å². The van der Waals surface area contributed by atoms with Crippen LogP contribution < -0.4 is 4.74 Å². The van der Waals surface area contributed by atoms with E-state index in [0.29, 0.717) is 12.2 Å². The molecule has 0 aromatic heterocycles. The molecule has 3 heteroatoms. The summed E-state index contributed by atoms with van der Waals surface area (Å²) in [5.74, 6) is 0.189. The summed E-state index contributed by atoms with van der Waals surface area (Å²) in [5, 5.41) is 8.62. The quantitative estimate of drug-likeness (QED) is 0.775. The molecule has 0 fully saturated rings. The van der Waals surface area contributed by atoms with Crippen LogP contribution in [-0.4, -0.2) is 17.8 Å². The molecule has 0 saturated carbocycles. The first-order valence-corrected chi connectivity index (χ1v) is 4.25. The fourth-order valence-electron chi connectivity index (χ4n) is 1.01. The molecule has 0 bridgehead atoms. The summed E-state index contributed by atoms with van der Waals surface area (Å²) in [7, 11) is 0. The number of rotatable bonds is 4. The van der Waals surface area contributed by atoms with E-state index >= 15 is 0 Å². The van der Waals surface area contributed by atoms with Gasteiger partial charge in [-0.05, 0) is 19.1 Å². The summed E-state index contributed by atoms with van der Waals surface area (Å²) < 4.78 is 18.0. The normalized spacial score (nSPS) is 12.5. The molecule has 1 N–H and O–H groups in total. The Morgan fingerprint density at radius 1 is 1.54 bits per heavy atom. The highest BCUT2D eigenvalue weighted by Crippen LogP contribution is 2.14. The number of aliphatic hydroxyl groups excluding tert-OH is 1. The SMILES string of the molecule is CC(CCO)Oc1cccc(F)c1. The third-order valence-corrected chi connectivity index (χ3v) is 1.67. The molecule has 0 aliphatic heterocycles. The summed E-state index contributed by atoms with van der Waals surface area (Å²) in [6.45, 7) is 1.91. The van der Waals surface area contributed by atoms with Gasteiger partial charge in [0.2, 0.25) is 0 Å². The van der Waals surface area contributed by atoms with Gasteiger partial charge in [0.1, 0.15) is 11.6 Å². The average molecular weight is 184 g/mol. The zero-order chi connectivity index (χ0) is 9.68. The minimum absolute atomic E-state index is 0.0798. The molecule has 1 aromatic rings. The van der Waals surface area contributed by atoms with Crippen LogP contribution in [0.4, 0.5) is 4.39 Å². The topological polar surface area (TPSA) is 29.5 Å². The minimum Gasteiger partial charge on any atom is -0.491 e. The van der Waals surface area contributed by atoms with Gasteiger partial charge in [-0.3, -0.25) is 0 Å². The van der Waals surface area contributed by atoms with Crippen molar-refractivity contribution in [2.24, 2.45) is 0 Å². The lowest BCUT2D eigenvalue weighted by atomic mass is 10.3. The van der Waals surface area contributed by atoms with Gasteiger partial charge in [0.25, 0.3) is 0 Å². The van der Waals surface area contributed by atoms with Crippen LogP contribution in [0.3, 0.4) is 0 Å². The Morgan fingerprint density at radius 2 is 2.31 bits per heavy atom. The summed E-state index contributed by atoms with van der Waals surface area (Å²) in [4.78, 5) is 0. The number of hydrogen-bond donors (Lipinski definition) is 1. The Hall–Kier alpha value is -1.09. The van der Waals surface area contributed by atoms with Crippen molar-refractivity contribution in [1.82, 2.24) is 0 Å². The molecule has 0 heterocycles. The number of aliphatic hydroxyl groups is 1. The van der Waals surface area contributed by atoms with Gasteiger partial charge < -0.3 is 9.84 Å². The van der Waals surface area contributed by atoms with Crippen LogP contribution in [0.1, 0.15) is 13.3 Å². The van der Waals surface area contributed by atoms with E-state index in [9.17, 15) is 4.39 Å². The highest BCUT2D eigenvalue weighted by molar-refractivity contribution is 5.22. The largest absolute Gasteiger partial charge is 0.491 e. The van der Waals surface area contributed by atoms with E-state index < -0.39 is 0 Å². The molecule has 2 nitrogen and oxygen atoms in total. The van der Waals surface area contributed by atoms with Crippen LogP contribution >= 0.6 is 0 Å². The lowest BCUT2D eigenvalue weighted by Crippen LogP contribution is -2.13. The zero-order valence-electron chi connectivity index (χ0n) is 7.53. The summed E-state index contributed by atoms with van der Waals surface area (Å²) >= 11 is 0. The maximum Gasteiger partial charge on any atom is 0.126 e. The van der Waals surface area contributed by atoms with Crippen LogP contribution in [-0.2, 0) is 0 Å². The third kappa shape index (κ3) is 3.42. The maximum absolute atomic E-state index is 12.7. The average Bonchev–Trinajstić information content (AvgIpc) is 2.04. The molecule has 1 atom stereocenters. The maximum atomic E-state index is 12.7. The van der Waals surface area contributed by atoms with Crippen molar-refractivity contribution in [1.29, 1.82) is 0 Å². The van der Waals surface area contributed by atoms with Crippen LogP contribution in [0.5, 0.6) is 5.75 Å². The van der Waals surface area contributed by atoms with Crippen molar-refractivity contribution in [2.75, 3.05) is 6.61 Å². The summed E-state index contributed by atoms with van der Waals surface area (Å²) in [6.07, 6.45) is 0.461. The Balaban J connectivity index is 2.53. The monoisotopic (exact) mass is 184 g/mol. The smallest absolute Gasteiger partial charge is 0.126 e. The first-order chi connectivity index (χ1) is 6.22. The van der Waals surface area contributed by atoms with Gasteiger partial charge in [0, 0.05) is 19.1 Å². The van der Waals surface area contributed by atoms with E-state index in [2.05, 4.69) is 0 Å². The van der Waals surface area contributed by atoms with E-state index in [1.165, 1.54) is 12.1 Å². The van der Waals surface area contributed by atoms with Crippen molar-refractivity contribution >= 4 is 0 Å². The Labute approximate surface area is 77.0 Å². The first kappa shape index (κ1) is 9.99. The molecule has 0 amide bonds. The second kappa shape index (κ2) is 4.82. The van der Waals surface area contributed by atoms with Crippen molar-refractivity contribution in [3.63, 3.8) is 0 Å². The van der Waals surface area contributed by atoms with E-state index in [0.717, 1.165) is 0 Å². The standard InChI is InChI=1S/C10H13FO2/c1-8(5-6-12)13-10-4-2-3-9(11)7-10/h2-4,7-8,12H,5-6H2,1H3. The predicted molar refractivity (Wildman–Crippen MR) is 48.2 cm³/mol. The molecule has 0 aliphatic carbocycles. The van der Waals surface area contributed by atoms with E-state index in [4.69, 9.17) is 9.84 Å². The second-order valence-electron chi connectivity index (χ2n) is 2.90. The van der Waals surface area contributed by atoms with Crippen molar-refractivity contribution in [3.05, 3.63) is 30.1 Å². The number of benzene rings is 1. The molecule has 1 aromatic carbocycles. The van der Waals surface area contributed by atoms with Gasteiger partial charge >= 0.3 is 0 Å². The van der Waals surface area contributed by atoms with Gasteiger partial charge in [-0.25, -0.2) is 4.39 Å². The lowest BCUT2D eigenvalue weighted by Gasteiger charge is -2.12. The first-order valence-electron chi connectivity index (χ1n) is 4.25. The number of ether oxygens (including phenoxy) is 1. The van der Waals surface area contributed by atoms with Gasteiger partial charge in [0.05, 0.1) is 6.10 Å². The molecular formula is C10H13FO2. The Morgan fingerprint density at radius 3 is 2.92 bits per heavy atom. The molecule has 0 aliphatic rings. The molecule has 72 valence electrons. The zero-order valence-corrected chi connectivity index (χ0v) is 7.53. The molecule has 1 unspecified atom stereocenters. The van der Waals surface area contributed by atoms with Gasteiger partial charge in [-0.1, -0.05) is 6.07 Å². The Kier molecular flexibility index (Phi) is 3.71. The number of hydrogen-bond acceptors (Lipinski definition) is 2. The third-order valence-electron chi connectivity index (χ3n) is 1.67. The van der Waals surface area contributed by atoms with Gasteiger partial charge in [-0.15, -0.1) is 0 Å². The molecule has 0 radical (unpaired) electrons. The van der Waals surface area contributed by atoms with Gasteiger partial charge in [-0.2, -0.15) is 0 Å². The fourth-order valence-corrected chi connectivity index (χ4v) is 1.01. The summed E-state index contributed by atoms with van der Waals surface area (Å²) in [5.41, 5.74) is 0. The molecule has 0 spiro atoms. The molecule has 13 heavy (non-hydrogen) atoms. The Bertz CT molecular complexity index is 263. The van der Waals surface area contributed by atoms with Crippen LogP contribution in [0, 0.1) is 5.82 Å². The highest BCUT2D eigenvalue weighted by atomic mass is 19.1. The van der Waals surface area contributed by atoms with Crippen molar-refractivity contribution in [3.8, 4) is 5.75 Å². The molecule has 1 rings (SSSR count). The van der Waals surface area contributed by atoms with Gasteiger partial charge in [0.15, 0.2) is 0 Å². The molecular weight excluding hydrogens is 171 g/mol. The van der Waals surface area contributed by atoms with Crippen LogP contribution in [0.2, 0.25) is 0 Å². The van der Waals surface area contributed by atoms with Crippen LogP contribution in [0.25, 0.3) is 0 Å². The number of halogens is 1. The lowest BCUT2D eigenvalue weighted by molar-refractivity contribution is 0.168. The summed E-state index contributed by atoms with van der Waals surface area (Å²) in [6, 6.07) is 5.98. The fraction of sp³-hybridized carbons (Fsp3) is 0.400. The predicted octanol–water partition coefficient (Wildman–Crippen LogP) is 1.98. The second-order valence-corrected chi connectivity index (χ2v) is 2.90. The van der Waals surface area contributed by atoms with E-state index in [1.807, 2.05) is 6.92 Å². The highest BCUT2D eigenvalue weighted by Gasteiger charge is 2.03. The molecule has 0 saturated heterocycles. The van der Waals surface area contributed by atoms with E-state index in [-0.39, 0.29) is 18.5 Å². The van der Waals surface area contributed by atoms with Crippen molar-refractivity contribution < 1.29 is 14.2 Å². The van der Waals surface area contributed by atoms with Crippen LogP contribution in [0.15, 0.2) is 24.3 Å².